The molecule has 1 aliphatic heterocycles. The molecule has 0 radical (unpaired) electrons. The van der Waals surface area contributed by atoms with E-state index in [9.17, 15) is 9.59 Å². The van der Waals surface area contributed by atoms with E-state index in [1.807, 2.05) is 0 Å². The highest BCUT2D eigenvalue weighted by atomic mass is 32.1. The number of carbonyl (C=O) groups is 2. The monoisotopic (exact) mass is 223 g/mol. The van der Waals surface area contributed by atoms with Crippen LogP contribution in [0.5, 0.6) is 0 Å². The number of aryl methyl sites for hydroxylation is 1. The number of amides is 2. The lowest BCUT2D eigenvalue weighted by Crippen LogP contribution is -2.20. The Balaban J connectivity index is 2.17. The fraction of sp³-hybridized carbons (Fsp3) is 0.455. The molecule has 0 saturated carbocycles. The molecule has 1 N–H and O–H groups in total. The average Bonchev–Trinajstić information content (AvgIpc) is 2.72. The van der Waals surface area contributed by atoms with Crippen molar-refractivity contribution in [3.05, 3.63) is 21.4 Å². The molecule has 2 amide bonds. The Morgan fingerprint density at radius 2 is 2.07 bits per heavy atom. The summed E-state index contributed by atoms with van der Waals surface area (Å²) in [4.78, 5) is 23.8. The van der Waals surface area contributed by atoms with E-state index in [1.54, 1.807) is 5.38 Å². The minimum absolute atomic E-state index is 0.220. The average molecular weight is 223 g/mol. The molecule has 0 fully saturated rings. The van der Waals surface area contributed by atoms with E-state index < -0.39 is 0 Å². The second-order valence-electron chi connectivity index (χ2n) is 3.69. The lowest BCUT2D eigenvalue weighted by Gasteiger charge is -1.98. The maximum Gasteiger partial charge on any atom is 0.260 e. The molecule has 2 heterocycles. The number of carbonyl (C=O) groups excluding carboxylic acids is 2. The van der Waals surface area contributed by atoms with Crippen molar-refractivity contribution in [2.24, 2.45) is 0 Å². The molecule has 0 atom stereocenters. The Morgan fingerprint density at radius 1 is 1.27 bits per heavy atom. The standard InChI is InChI=1S/C11H13NO2S/c1-2-3-4-5-8-9-7(6-15-8)10(13)12-11(9)14/h6H,2-5H2,1H3,(H,12,13,14). The number of unbranched alkanes of at least 4 members (excludes halogenated alkanes) is 2. The van der Waals surface area contributed by atoms with Crippen molar-refractivity contribution >= 4 is 23.2 Å². The molecule has 1 aliphatic rings. The van der Waals surface area contributed by atoms with Crippen LogP contribution in [0.3, 0.4) is 0 Å². The second kappa shape index (κ2) is 4.14. The first-order valence-corrected chi connectivity index (χ1v) is 6.08. The lowest BCUT2D eigenvalue weighted by molar-refractivity contribution is 0.0879. The smallest absolute Gasteiger partial charge is 0.260 e. The highest BCUT2D eigenvalue weighted by Crippen LogP contribution is 2.27. The molecule has 15 heavy (non-hydrogen) atoms. The van der Waals surface area contributed by atoms with Gasteiger partial charge in [-0.05, 0) is 12.8 Å². The molecule has 0 spiro atoms. The van der Waals surface area contributed by atoms with Gasteiger partial charge >= 0.3 is 0 Å². The van der Waals surface area contributed by atoms with Gasteiger partial charge < -0.3 is 0 Å². The number of imide groups is 1. The van der Waals surface area contributed by atoms with Crippen LogP contribution in [0, 0.1) is 0 Å². The third-order valence-electron chi connectivity index (χ3n) is 2.57. The molecular formula is C11H13NO2S. The summed E-state index contributed by atoms with van der Waals surface area (Å²) in [5, 5.41) is 4.11. The van der Waals surface area contributed by atoms with Crippen LogP contribution in [-0.4, -0.2) is 11.8 Å². The summed E-state index contributed by atoms with van der Waals surface area (Å²) in [6.45, 7) is 2.15. The number of hydrogen-bond acceptors (Lipinski definition) is 3. The highest BCUT2D eigenvalue weighted by Gasteiger charge is 2.30. The van der Waals surface area contributed by atoms with E-state index in [0.29, 0.717) is 11.1 Å². The quantitative estimate of drug-likeness (QED) is 0.629. The molecule has 4 heteroatoms. The van der Waals surface area contributed by atoms with Crippen LogP contribution in [0.1, 0.15) is 51.8 Å². The third kappa shape index (κ3) is 1.81. The van der Waals surface area contributed by atoms with E-state index in [2.05, 4.69) is 12.2 Å². The molecule has 0 unspecified atom stereocenters. The topological polar surface area (TPSA) is 46.2 Å². The molecule has 80 valence electrons. The van der Waals surface area contributed by atoms with Gasteiger partial charge in [-0.3, -0.25) is 14.9 Å². The summed E-state index contributed by atoms with van der Waals surface area (Å²) in [6.07, 6.45) is 4.33. The van der Waals surface area contributed by atoms with Gasteiger partial charge in [-0.25, -0.2) is 0 Å². The maximum atomic E-state index is 11.5. The lowest BCUT2D eigenvalue weighted by atomic mass is 10.1. The Labute approximate surface area is 92.5 Å². The Hall–Kier alpha value is -1.16. The van der Waals surface area contributed by atoms with Crippen LogP contribution in [-0.2, 0) is 6.42 Å². The Morgan fingerprint density at radius 3 is 2.80 bits per heavy atom. The number of hydrogen-bond donors (Lipinski definition) is 1. The molecule has 2 rings (SSSR count). The van der Waals surface area contributed by atoms with Gasteiger partial charge in [0.25, 0.3) is 11.8 Å². The van der Waals surface area contributed by atoms with Gasteiger partial charge in [-0.15, -0.1) is 11.3 Å². The highest BCUT2D eigenvalue weighted by molar-refractivity contribution is 7.10. The van der Waals surface area contributed by atoms with E-state index in [4.69, 9.17) is 0 Å². The van der Waals surface area contributed by atoms with E-state index in [1.165, 1.54) is 24.2 Å². The Bertz CT molecular complexity index is 409. The van der Waals surface area contributed by atoms with Crippen molar-refractivity contribution in [3.63, 3.8) is 0 Å². The first-order chi connectivity index (χ1) is 7.24. The van der Waals surface area contributed by atoms with Crippen molar-refractivity contribution in [2.45, 2.75) is 32.6 Å². The molecule has 1 aromatic rings. The van der Waals surface area contributed by atoms with Gasteiger partial charge in [0.1, 0.15) is 0 Å². The summed E-state index contributed by atoms with van der Waals surface area (Å²) in [5.74, 6) is -0.462. The zero-order chi connectivity index (χ0) is 10.8. The van der Waals surface area contributed by atoms with E-state index in [0.717, 1.165) is 17.7 Å². The molecular weight excluding hydrogens is 210 g/mol. The minimum Gasteiger partial charge on any atom is -0.288 e. The second-order valence-corrected chi connectivity index (χ2v) is 4.65. The first kappa shape index (κ1) is 10.4. The fourth-order valence-electron chi connectivity index (χ4n) is 1.77. The van der Waals surface area contributed by atoms with Crippen LogP contribution >= 0.6 is 11.3 Å². The van der Waals surface area contributed by atoms with Crippen LogP contribution in [0.2, 0.25) is 0 Å². The summed E-state index contributed by atoms with van der Waals surface area (Å²) < 4.78 is 0. The van der Waals surface area contributed by atoms with Gasteiger partial charge in [0.2, 0.25) is 0 Å². The van der Waals surface area contributed by atoms with E-state index >= 15 is 0 Å². The van der Waals surface area contributed by atoms with Gasteiger partial charge in [0, 0.05) is 10.3 Å². The van der Waals surface area contributed by atoms with Crippen molar-refractivity contribution in [1.82, 2.24) is 5.32 Å². The van der Waals surface area contributed by atoms with Crippen LogP contribution < -0.4 is 5.32 Å². The van der Waals surface area contributed by atoms with Gasteiger partial charge in [0.15, 0.2) is 0 Å². The molecule has 1 aromatic heterocycles. The number of fused-ring (bicyclic) bond motifs is 1. The third-order valence-corrected chi connectivity index (χ3v) is 3.62. The van der Waals surface area contributed by atoms with Crippen molar-refractivity contribution in [1.29, 1.82) is 0 Å². The van der Waals surface area contributed by atoms with Crippen LogP contribution in [0.15, 0.2) is 5.38 Å². The van der Waals surface area contributed by atoms with Gasteiger partial charge in [-0.1, -0.05) is 19.8 Å². The zero-order valence-electron chi connectivity index (χ0n) is 8.63. The first-order valence-electron chi connectivity index (χ1n) is 5.20. The summed E-state index contributed by atoms with van der Waals surface area (Å²) in [7, 11) is 0. The van der Waals surface area contributed by atoms with Gasteiger partial charge in [-0.2, -0.15) is 0 Å². The molecule has 0 saturated heterocycles. The van der Waals surface area contributed by atoms with E-state index in [-0.39, 0.29) is 11.8 Å². The van der Waals surface area contributed by atoms with Crippen molar-refractivity contribution in [3.8, 4) is 0 Å². The number of nitrogens with one attached hydrogen (secondary N) is 1. The largest absolute Gasteiger partial charge is 0.288 e. The molecule has 3 nitrogen and oxygen atoms in total. The molecule has 0 aromatic carbocycles. The normalized spacial score (nSPS) is 14.2. The van der Waals surface area contributed by atoms with Crippen molar-refractivity contribution in [2.75, 3.05) is 0 Å². The van der Waals surface area contributed by atoms with Gasteiger partial charge in [0.05, 0.1) is 11.1 Å². The zero-order valence-corrected chi connectivity index (χ0v) is 9.45. The molecule has 0 aliphatic carbocycles. The van der Waals surface area contributed by atoms with Crippen molar-refractivity contribution < 1.29 is 9.59 Å². The number of thiophene rings is 1. The summed E-state index contributed by atoms with van der Waals surface area (Å²) >= 11 is 1.53. The SMILES string of the molecule is CCCCCc1scc2c1C(=O)NC2=O. The van der Waals surface area contributed by atoms with Crippen LogP contribution in [0.25, 0.3) is 0 Å². The minimum atomic E-state index is -0.243. The van der Waals surface area contributed by atoms with Crippen LogP contribution in [0.4, 0.5) is 0 Å². The maximum absolute atomic E-state index is 11.5. The number of rotatable bonds is 4. The Kier molecular flexibility index (Phi) is 2.86. The summed E-state index contributed by atoms with van der Waals surface area (Å²) in [5.41, 5.74) is 1.19. The molecule has 0 bridgehead atoms. The predicted molar refractivity (Wildman–Crippen MR) is 59.3 cm³/mol. The fourth-order valence-corrected chi connectivity index (χ4v) is 2.83. The summed E-state index contributed by atoms with van der Waals surface area (Å²) in [6, 6.07) is 0. The predicted octanol–water partition coefficient (Wildman–Crippen LogP) is 2.36.